The summed E-state index contributed by atoms with van der Waals surface area (Å²) in [6.45, 7) is 0.726. The minimum absolute atomic E-state index is 0.123. The molecule has 1 amide bonds. The molecular weight excluding hydrogens is 334 g/mol. The van der Waals surface area contributed by atoms with Crippen LogP contribution in [-0.4, -0.2) is 54.5 Å². The second kappa shape index (κ2) is 6.21. The number of amides is 1. The van der Waals surface area contributed by atoms with Gasteiger partial charge in [-0.2, -0.15) is 0 Å². The summed E-state index contributed by atoms with van der Waals surface area (Å²) in [7, 11) is 0. The molecule has 0 atom stereocenters. The van der Waals surface area contributed by atoms with E-state index in [-0.39, 0.29) is 5.91 Å². The van der Waals surface area contributed by atoms with Gasteiger partial charge in [0.2, 0.25) is 0 Å². The molecule has 0 saturated carbocycles. The lowest BCUT2D eigenvalue weighted by Crippen LogP contribution is -2.52. The van der Waals surface area contributed by atoms with Crippen LogP contribution in [0.25, 0.3) is 11.0 Å². The number of carbonyl (C=O) groups excluding carboxylic acids is 1. The smallest absolute Gasteiger partial charge is 0.330 e. The maximum atomic E-state index is 12.8. The summed E-state index contributed by atoms with van der Waals surface area (Å²) < 4.78 is 1.63. The van der Waals surface area contributed by atoms with Gasteiger partial charge in [0.25, 0.3) is 5.91 Å². The van der Waals surface area contributed by atoms with E-state index in [9.17, 15) is 14.7 Å². The molecule has 8 heteroatoms. The average molecular weight is 351 g/mol. The number of nitrogens with zero attached hydrogens (tertiary/aromatic N) is 5. The van der Waals surface area contributed by atoms with Gasteiger partial charge in [-0.3, -0.25) is 14.8 Å². The van der Waals surface area contributed by atoms with Crippen LogP contribution in [0.4, 0.5) is 0 Å². The lowest BCUT2D eigenvalue weighted by atomic mass is 9.87. The number of piperidine rings is 1. The summed E-state index contributed by atoms with van der Waals surface area (Å²) in [5.41, 5.74) is 0.868. The number of fused-ring (bicyclic) bond motifs is 1. The summed E-state index contributed by atoms with van der Waals surface area (Å²) in [5, 5.41) is 9.75. The SMILES string of the molecule is O=C(c1ccc2nccnc2c1)N1CCC(C(=O)O)(n2ccnc2)CC1. The molecule has 0 bridgehead atoms. The molecule has 3 heterocycles. The average Bonchev–Trinajstić information content (AvgIpc) is 3.22. The predicted molar refractivity (Wildman–Crippen MR) is 92.5 cm³/mol. The van der Waals surface area contributed by atoms with Gasteiger partial charge in [-0.1, -0.05) is 0 Å². The highest BCUT2D eigenvalue weighted by molar-refractivity contribution is 5.97. The van der Waals surface area contributed by atoms with E-state index in [1.165, 1.54) is 6.33 Å². The van der Waals surface area contributed by atoms with Crippen molar-refractivity contribution in [1.82, 2.24) is 24.4 Å². The zero-order valence-corrected chi connectivity index (χ0v) is 13.9. The van der Waals surface area contributed by atoms with E-state index in [0.29, 0.717) is 37.0 Å². The number of hydrogen-bond donors (Lipinski definition) is 1. The Morgan fingerprint density at radius 3 is 2.42 bits per heavy atom. The number of rotatable bonds is 3. The van der Waals surface area contributed by atoms with Crippen LogP contribution >= 0.6 is 0 Å². The molecule has 1 aliphatic heterocycles. The van der Waals surface area contributed by atoms with Crippen molar-refractivity contribution in [2.45, 2.75) is 18.4 Å². The Bertz CT molecular complexity index is 962. The van der Waals surface area contributed by atoms with Crippen molar-refractivity contribution < 1.29 is 14.7 Å². The number of likely N-dealkylation sites (tertiary alicyclic amines) is 1. The number of hydrogen-bond acceptors (Lipinski definition) is 5. The molecule has 1 fully saturated rings. The minimum Gasteiger partial charge on any atom is -0.479 e. The fourth-order valence-electron chi connectivity index (χ4n) is 3.45. The van der Waals surface area contributed by atoms with Crippen LogP contribution in [0.5, 0.6) is 0 Å². The molecule has 1 N–H and O–H groups in total. The fourth-order valence-corrected chi connectivity index (χ4v) is 3.45. The Labute approximate surface area is 149 Å². The second-order valence-corrected chi connectivity index (χ2v) is 6.36. The summed E-state index contributed by atoms with van der Waals surface area (Å²) in [6.07, 6.45) is 8.61. The monoisotopic (exact) mass is 351 g/mol. The van der Waals surface area contributed by atoms with Crippen molar-refractivity contribution in [1.29, 1.82) is 0 Å². The molecule has 2 aromatic heterocycles. The minimum atomic E-state index is -1.05. The third-order valence-electron chi connectivity index (χ3n) is 4.99. The first-order chi connectivity index (χ1) is 12.6. The third kappa shape index (κ3) is 2.59. The Hall–Kier alpha value is -3.29. The highest BCUT2D eigenvalue weighted by Gasteiger charge is 2.44. The van der Waals surface area contributed by atoms with Crippen LogP contribution in [0.1, 0.15) is 23.2 Å². The van der Waals surface area contributed by atoms with Crippen molar-refractivity contribution in [3.05, 3.63) is 54.9 Å². The van der Waals surface area contributed by atoms with E-state index in [0.717, 1.165) is 5.52 Å². The van der Waals surface area contributed by atoms with Crippen LogP contribution in [-0.2, 0) is 10.3 Å². The maximum absolute atomic E-state index is 12.8. The number of benzene rings is 1. The van der Waals surface area contributed by atoms with Crippen LogP contribution in [0.3, 0.4) is 0 Å². The van der Waals surface area contributed by atoms with Gasteiger partial charge in [0.05, 0.1) is 17.4 Å². The van der Waals surface area contributed by atoms with Crippen LogP contribution in [0.2, 0.25) is 0 Å². The van der Waals surface area contributed by atoms with Gasteiger partial charge in [0.15, 0.2) is 0 Å². The summed E-state index contributed by atoms with van der Waals surface area (Å²) in [5.74, 6) is -1.02. The van der Waals surface area contributed by atoms with E-state index < -0.39 is 11.5 Å². The number of carboxylic acids is 1. The molecule has 3 aromatic rings. The molecule has 0 spiro atoms. The quantitative estimate of drug-likeness (QED) is 0.768. The molecule has 132 valence electrons. The predicted octanol–water partition coefficient (Wildman–Crippen LogP) is 1.54. The van der Waals surface area contributed by atoms with Gasteiger partial charge in [-0.25, -0.2) is 9.78 Å². The van der Waals surface area contributed by atoms with E-state index in [1.807, 2.05) is 0 Å². The lowest BCUT2D eigenvalue weighted by Gasteiger charge is -2.39. The zero-order chi connectivity index (χ0) is 18.1. The number of carboxylic acid groups (broad SMARTS) is 1. The second-order valence-electron chi connectivity index (χ2n) is 6.36. The van der Waals surface area contributed by atoms with Gasteiger partial charge in [-0.05, 0) is 31.0 Å². The van der Waals surface area contributed by atoms with E-state index in [4.69, 9.17) is 0 Å². The number of aliphatic carboxylic acids is 1. The molecular formula is C18H17N5O3. The highest BCUT2D eigenvalue weighted by Crippen LogP contribution is 2.31. The number of imidazole rings is 1. The molecule has 1 saturated heterocycles. The molecule has 26 heavy (non-hydrogen) atoms. The first kappa shape index (κ1) is 16.2. The summed E-state index contributed by atoms with van der Waals surface area (Å²) >= 11 is 0. The van der Waals surface area contributed by atoms with Crippen LogP contribution in [0, 0.1) is 0 Å². The largest absolute Gasteiger partial charge is 0.479 e. The van der Waals surface area contributed by atoms with E-state index in [1.54, 1.807) is 52.5 Å². The van der Waals surface area contributed by atoms with Crippen LogP contribution < -0.4 is 0 Å². The Morgan fingerprint density at radius 2 is 1.77 bits per heavy atom. The van der Waals surface area contributed by atoms with Crippen molar-refractivity contribution in [2.75, 3.05) is 13.1 Å². The molecule has 4 rings (SSSR count). The Morgan fingerprint density at radius 1 is 1.04 bits per heavy atom. The first-order valence-corrected chi connectivity index (χ1v) is 8.32. The molecule has 0 aliphatic carbocycles. The Balaban J connectivity index is 1.55. The highest BCUT2D eigenvalue weighted by atomic mass is 16.4. The Kier molecular flexibility index (Phi) is 3.87. The normalized spacial score (nSPS) is 16.5. The summed E-state index contributed by atoms with van der Waals surface area (Å²) in [4.78, 5) is 38.8. The fraction of sp³-hybridized carbons (Fsp3) is 0.278. The van der Waals surface area contributed by atoms with Gasteiger partial charge in [0, 0.05) is 43.4 Å². The van der Waals surface area contributed by atoms with E-state index in [2.05, 4.69) is 15.0 Å². The van der Waals surface area contributed by atoms with Crippen molar-refractivity contribution in [2.24, 2.45) is 0 Å². The topological polar surface area (TPSA) is 101 Å². The molecule has 1 aliphatic rings. The summed E-state index contributed by atoms with van der Waals surface area (Å²) in [6, 6.07) is 5.22. The van der Waals surface area contributed by atoms with Crippen molar-refractivity contribution in [3.8, 4) is 0 Å². The number of carbonyl (C=O) groups is 2. The lowest BCUT2D eigenvalue weighted by molar-refractivity contribution is -0.150. The van der Waals surface area contributed by atoms with Crippen molar-refractivity contribution >= 4 is 22.9 Å². The maximum Gasteiger partial charge on any atom is 0.330 e. The van der Waals surface area contributed by atoms with E-state index >= 15 is 0 Å². The standard InChI is InChI=1S/C18H17N5O3/c24-16(13-1-2-14-15(11-13)21-6-5-20-14)22-8-3-18(4-9-22,17(25)26)23-10-7-19-12-23/h1-2,5-7,10-12H,3-4,8-9H2,(H,25,26). The van der Waals surface area contributed by atoms with Crippen LogP contribution in [0.15, 0.2) is 49.3 Å². The first-order valence-electron chi connectivity index (χ1n) is 8.32. The molecule has 0 radical (unpaired) electrons. The zero-order valence-electron chi connectivity index (χ0n) is 13.9. The number of aromatic nitrogens is 4. The molecule has 0 unspecified atom stereocenters. The molecule has 8 nitrogen and oxygen atoms in total. The van der Waals surface area contributed by atoms with Gasteiger partial charge in [0.1, 0.15) is 5.54 Å². The van der Waals surface area contributed by atoms with Gasteiger partial charge in [-0.15, -0.1) is 0 Å². The third-order valence-corrected chi connectivity index (χ3v) is 4.99. The molecule has 1 aromatic carbocycles. The van der Waals surface area contributed by atoms with Gasteiger partial charge < -0.3 is 14.6 Å². The van der Waals surface area contributed by atoms with Gasteiger partial charge >= 0.3 is 5.97 Å². The van der Waals surface area contributed by atoms with Crippen molar-refractivity contribution in [3.63, 3.8) is 0 Å².